The van der Waals surface area contributed by atoms with Crippen molar-refractivity contribution in [1.82, 2.24) is 16.1 Å². The standard InChI is InChI=1S/C8H19N5O/c1-6(2)12-8(13-9)11-5-4-10-7(3)14/h6H,4-5,9H2,1-3H3,(H,10,14)(H2,11,12,13). The van der Waals surface area contributed by atoms with Gasteiger partial charge in [0.15, 0.2) is 0 Å². The molecular formula is C8H19N5O. The lowest BCUT2D eigenvalue weighted by atomic mass is 10.4. The highest BCUT2D eigenvalue weighted by Crippen LogP contribution is 1.77. The second-order valence-electron chi connectivity index (χ2n) is 3.16. The molecule has 0 fully saturated rings. The van der Waals surface area contributed by atoms with Crippen LogP contribution >= 0.6 is 0 Å². The molecule has 0 unspecified atom stereocenters. The van der Waals surface area contributed by atoms with Crippen LogP contribution in [0.3, 0.4) is 0 Å². The molecule has 82 valence electrons. The molecule has 6 heteroatoms. The van der Waals surface area contributed by atoms with Gasteiger partial charge in [0.1, 0.15) is 0 Å². The average Bonchev–Trinajstić information content (AvgIpc) is 2.09. The normalized spacial score (nSPS) is 11.4. The van der Waals surface area contributed by atoms with Gasteiger partial charge in [0, 0.05) is 19.5 Å². The van der Waals surface area contributed by atoms with E-state index in [1.165, 1.54) is 6.92 Å². The Morgan fingerprint density at radius 3 is 2.57 bits per heavy atom. The van der Waals surface area contributed by atoms with Crippen LogP contribution in [0.25, 0.3) is 0 Å². The van der Waals surface area contributed by atoms with Crippen LogP contribution in [-0.4, -0.2) is 31.0 Å². The molecule has 0 radical (unpaired) electrons. The van der Waals surface area contributed by atoms with Crippen molar-refractivity contribution >= 4 is 11.9 Å². The lowest BCUT2D eigenvalue weighted by Crippen LogP contribution is -2.45. The maximum atomic E-state index is 10.5. The highest BCUT2D eigenvalue weighted by molar-refractivity contribution is 5.79. The predicted octanol–water partition coefficient (Wildman–Crippen LogP) is -1.06. The lowest BCUT2D eigenvalue weighted by molar-refractivity contribution is -0.118. The van der Waals surface area contributed by atoms with E-state index in [1.807, 2.05) is 13.8 Å². The minimum Gasteiger partial charge on any atom is -0.354 e. The summed E-state index contributed by atoms with van der Waals surface area (Å²) >= 11 is 0. The first-order valence-corrected chi connectivity index (χ1v) is 4.58. The van der Waals surface area contributed by atoms with Crippen LogP contribution in [0.5, 0.6) is 0 Å². The number of carbonyl (C=O) groups excluding carboxylic acids is 1. The monoisotopic (exact) mass is 201 g/mol. The number of hydrogen-bond acceptors (Lipinski definition) is 3. The molecule has 14 heavy (non-hydrogen) atoms. The van der Waals surface area contributed by atoms with Gasteiger partial charge in [-0.2, -0.15) is 0 Å². The van der Waals surface area contributed by atoms with E-state index in [1.54, 1.807) is 0 Å². The van der Waals surface area contributed by atoms with Crippen molar-refractivity contribution in [3.63, 3.8) is 0 Å². The minimum absolute atomic E-state index is 0.0562. The zero-order valence-electron chi connectivity index (χ0n) is 8.92. The van der Waals surface area contributed by atoms with E-state index in [-0.39, 0.29) is 11.9 Å². The molecule has 5 N–H and O–H groups in total. The SMILES string of the molecule is CC(=O)NCCN=C(NN)NC(C)C. The van der Waals surface area contributed by atoms with Crippen LogP contribution in [0, 0.1) is 0 Å². The van der Waals surface area contributed by atoms with Crippen molar-refractivity contribution in [2.24, 2.45) is 10.8 Å². The van der Waals surface area contributed by atoms with Crippen molar-refractivity contribution in [3.05, 3.63) is 0 Å². The van der Waals surface area contributed by atoms with Gasteiger partial charge in [0.25, 0.3) is 0 Å². The van der Waals surface area contributed by atoms with Gasteiger partial charge in [-0.3, -0.25) is 15.2 Å². The second kappa shape index (κ2) is 7.14. The first-order valence-electron chi connectivity index (χ1n) is 4.58. The molecule has 0 aromatic rings. The predicted molar refractivity (Wildman–Crippen MR) is 56.6 cm³/mol. The summed E-state index contributed by atoms with van der Waals surface area (Å²) in [5, 5.41) is 5.65. The molecule has 0 aliphatic rings. The Labute approximate surface area is 84.3 Å². The van der Waals surface area contributed by atoms with Crippen molar-refractivity contribution < 1.29 is 4.79 Å². The van der Waals surface area contributed by atoms with Gasteiger partial charge < -0.3 is 10.6 Å². The Balaban J connectivity index is 3.75. The number of carbonyl (C=O) groups is 1. The molecule has 1 amide bonds. The van der Waals surface area contributed by atoms with Gasteiger partial charge in [-0.05, 0) is 13.8 Å². The molecule has 0 saturated heterocycles. The molecule has 0 bridgehead atoms. The molecular weight excluding hydrogens is 182 g/mol. The molecule has 6 nitrogen and oxygen atoms in total. The summed E-state index contributed by atoms with van der Waals surface area (Å²) in [6.45, 7) is 6.46. The van der Waals surface area contributed by atoms with Crippen LogP contribution in [0.15, 0.2) is 4.99 Å². The number of guanidine groups is 1. The fourth-order valence-electron chi connectivity index (χ4n) is 0.806. The summed E-state index contributed by atoms with van der Waals surface area (Å²) in [5.74, 6) is 5.71. The number of aliphatic imine (C=N–C) groups is 1. The molecule has 0 saturated carbocycles. The number of nitrogens with zero attached hydrogens (tertiary/aromatic N) is 1. The molecule has 0 aliphatic carbocycles. The first-order chi connectivity index (χ1) is 6.56. The Morgan fingerprint density at radius 1 is 1.50 bits per heavy atom. The Kier molecular flexibility index (Phi) is 6.47. The molecule has 0 rings (SSSR count). The van der Waals surface area contributed by atoms with E-state index in [2.05, 4.69) is 21.1 Å². The molecule has 0 spiro atoms. The van der Waals surface area contributed by atoms with Crippen molar-refractivity contribution in [3.8, 4) is 0 Å². The van der Waals surface area contributed by atoms with E-state index in [9.17, 15) is 4.79 Å². The molecule has 0 aromatic heterocycles. The maximum Gasteiger partial charge on any atom is 0.216 e. The summed E-state index contributed by atoms with van der Waals surface area (Å²) in [4.78, 5) is 14.6. The molecule has 0 aromatic carbocycles. The number of nitrogens with two attached hydrogens (primary N) is 1. The van der Waals surface area contributed by atoms with E-state index < -0.39 is 0 Å². The second-order valence-corrected chi connectivity index (χ2v) is 3.16. The van der Waals surface area contributed by atoms with Crippen molar-refractivity contribution in [1.29, 1.82) is 0 Å². The lowest BCUT2D eigenvalue weighted by Gasteiger charge is -2.11. The largest absolute Gasteiger partial charge is 0.354 e. The van der Waals surface area contributed by atoms with Crippen molar-refractivity contribution in [2.45, 2.75) is 26.8 Å². The highest BCUT2D eigenvalue weighted by Gasteiger charge is 1.97. The van der Waals surface area contributed by atoms with Crippen molar-refractivity contribution in [2.75, 3.05) is 13.1 Å². The van der Waals surface area contributed by atoms with E-state index >= 15 is 0 Å². The fourth-order valence-corrected chi connectivity index (χ4v) is 0.806. The van der Waals surface area contributed by atoms with Gasteiger partial charge in [-0.25, -0.2) is 5.84 Å². The Morgan fingerprint density at radius 2 is 2.14 bits per heavy atom. The number of hydrogen-bond donors (Lipinski definition) is 4. The van der Waals surface area contributed by atoms with Gasteiger partial charge >= 0.3 is 0 Å². The third-order valence-electron chi connectivity index (χ3n) is 1.32. The van der Waals surface area contributed by atoms with E-state index in [0.717, 1.165) is 0 Å². The average molecular weight is 201 g/mol. The molecule has 0 heterocycles. The van der Waals surface area contributed by atoms with Gasteiger partial charge in [0.05, 0.1) is 6.54 Å². The third kappa shape index (κ3) is 7.35. The molecule has 0 aliphatic heterocycles. The molecule has 0 atom stereocenters. The van der Waals surface area contributed by atoms with Crippen LogP contribution < -0.4 is 21.9 Å². The van der Waals surface area contributed by atoms with E-state index in [0.29, 0.717) is 19.0 Å². The first kappa shape index (κ1) is 12.7. The number of hydrazine groups is 1. The quantitative estimate of drug-likeness (QED) is 0.153. The smallest absolute Gasteiger partial charge is 0.216 e. The summed E-state index contributed by atoms with van der Waals surface area (Å²) in [6, 6.07) is 0.269. The highest BCUT2D eigenvalue weighted by atomic mass is 16.1. The van der Waals surface area contributed by atoms with Crippen LogP contribution in [0.4, 0.5) is 0 Å². The topological polar surface area (TPSA) is 91.5 Å². The minimum atomic E-state index is -0.0562. The van der Waals surface area contributed by atoms with Gasteiger partial charge in [-0.15, -0.1) is 0 Å². The summed E-state index contributed by atoms with van der Waals surface area (Å²) in [6.07, 6.45) is 0. The number of nitrogens with one attached hydrogen (secondary N) is 3. The van der Waals surface area contributed by atoms with Crippen LogP contribution in [-0.2, 0) is 4.79 Å². The summed E-state index contributed by atoms with van der Waals surface area (Å²) in [7, 11) is 0. The van der Waals surface area contributed by atoms with Gasteiger partial charge in [-0.1, -0.05) is 0 Å². The van der Waals surface area contributed by atoms with Crippen LogP contribution in [0.1, 0.15) is 20.8 Å². The zero-order chi connectivity index (χ0) is 11.0. The zero-order valence-corrected chi connectivity index (χ0v) is 8.92. The Hall–Kier alpha value is -1.30. The third-order valence-corrected chi connectivity index (χ3v) is 1.32. The maximum absolute atomic E-state index is 10.5. The number of rotatable bonds is 4. The van der Waals surface area contributed by atoms with Crippen LogP contribution in [0.2, 0.25) is 0 Å². The van der Waals surface area contributed by atoms with Gasteiger partial charge in [0.2, 0.25) is 11.9 Å². The summed E-state index contributed by atoms with van der Waals surface area (Å²) < 4.78 is 0. The fraction of sp³-hybridized carbons (Fsp3) is 0.750. The summed E-state index contributed by atoms with van der Waals surface area (Å²) in [5.41, 5.74) is 2.45. The van der Waals surface area contributed by atoms with E-state index in [4.69, 9.17) is 5.84 Å². The Bertz CT molecular complexity index is 202. The number of amides is 1.